The van der Waals surface area contributed by atoms with Gasteiger partial charge in [-0.25, -0.2) is 5.84 Å². The number of carbonyl (C=O) groups is 1. The third-order valence-corrected chi connectivity index (χ3v) is 6.27. The van der Waals surface area contributed by atoms with Crippen molar-refractivity contribution in [1.29, 1.82) is 0 Å². The summed E-state index contributed by atoms with van der Waals surface area (Å²) in [6, 6.07) is 22.4. The molecule has 0 amide bonds. The molecule has 9 heteroatoms. The second kappa shape index (κ2) is 14.2. The maximum absolute atomic E-state index is 11.1. The number of hydrogen-bond acceptors (Lipinski definition) is 9. The number of hydrazine groups is 1. The first-order chi connectivity index (χ1) is 15.9. The summed E-state index contributed by atoms with van der Waals surface area (Å²) in [5, 5.41) is 1.20. The fourth-order valence-corrected chi connectivity index (χ4v) is 4.39. The number of nitrogens with one attached hydrogen (secondary N) is 1. The van der Waals surface area contributed by atoms with Crippen LogP contribution in [0.15, 0.2) is 82.8 Å². The average molecular weight is 487 g/mol. The van der Waals surface area contributed by atoms with Crippen molar-refractivity contribution in [2.45, 2.75) is 11.1 Å². The molecule has 0 bridgehead atoms. The number of esters is 1. The topological polar surface area (TPSA) is 103 Å². The number of rotatable bonds is 9. The fraction of sp³-hybridized carbons (Fsp3) is 0.208. The Balaban J connectivity index is 0.000000357. The van der Waals surface area contributed by atoms with E-state index in [9.17, 15) is 4.79 Å². The van der Waals surface area contributed by atoms with E-state index in [0.29, 0.717) is 12.2 Å². The molecule has 1 aromatic heterocycles. The van der Waals surface area contributed by atoms with Crippen LogP contribution < -0.4 is 21.0 Å². The van der Waals surface area contributed by atoms with Gasteiger partial charge in [-0.15, -0.1) is 11.3 Å². The first-order valence-electron chi connectivity index (χ1n) is 10.1. The molecule has 1 heterocycles. The minimum atomic E-state index is -0.420. The summed E-state index contributed by atoms with van der Waals surface area (Å²) >= 11 is 3.21. The molecular weight excluding hydrogens is 456 g/mol. The molecule has 3 aromatic rings. The lowest BCUT2D eigenvalue weighted by molar-refractivity contribution is -0.141. The predicted octanol–water partition coefficient (Wildman–Crippen LogP) is 4.16. The molecule has 3 rings (SSSR count). The summed E-state index contributed by atoms with van der Waals surface area (Å²) in [6.07, 6.45) is 1.51. The maximum atomic E-state index is 11.1. The largest absolute Gasteiger partial charge is 0.497 e. The minimum absolute atomic E-state index is 0.0459. The van der Waals surface area contributed by atoms with Crippen molar-refractivity contribution in [3.8, 4) is 16.2 Å². The maximum Gasteiger partial charge on any atom is 0.326 e. The highest BCUT2D eigenvalue weighted by Crippen LogP contribution is 2.32. The second-order valence-electron chi connectivity index (χ2n) is 6.88. The highest BCUT2D eigenvalue weighted by molar-refractivity contribution is 7.99. The van der Waals surface area contributed by atoms with Crippen molar-refractivity contribution in [3.05, 3.63) is 84.2 Å². The molecule has 5 N–H and O–H groups in total. The molecule has 0 spiro atoms. The summed E-state index contributed by atoms with van der Waals surface area (Å²) in [5.41, 5.74) is 8.85. The van der Waals surface area contributed by atoms with Crippen LogP contribution >= 0.6 is 23.3 Å². The van der Waals surface area contributed by atoms with Crippen molar-refractivity contribution in [2.24, 2.45) is 11.6 Å². The molecule has 0 saturated carbocycles. The van der Waals surface area contributed by atoms with Gasteiger partial charge in [0, 0.05) is 23.3 Å². The van der Waals surface area contributed by atoms with Crippen molar-refractivity contribution < 1.29 is 14.3 Å². The Morgan fingerprint density at radius 1 is 1.09 bits per heavy atom. The van der Waals surface area contributed by atoms with Gasteiger partial charge in [-0.1, -0.05) is 48.0 Å². The van der Waals surface area contributed by atoms with Gasteiger partial charge in [0.1, 0.15) is 12.3 Å². The summed E-state index contributed by atoms with van der Waals surface area (Å²) in [6.45, 7) is 2.45. The Hall–Kier alpha value is -2.98. The highest BCUT2D eigenvalue weighted by Gasteiger charge is 2.05. The number of benzene rings is 2. The predicted molar refractivity (Wildman–Crippen MR) is 137 cm³/mol. The smallest absolute Gasteiger partial charge is 0.326 e. The normalized spacial score (nSPS) is 10.7. The van der Waals surface area contributed by atoms with Gasteiger partial charge in [0.05, 0.1) is 18.4 Å². The van der Waals surface area contributed by atoms with E-state index in [2.05, 4.69) is 40.6 Å². The van der Waals surface area contributed by atoms with E-state index < -0.39 is 5.97 Å². The zero-order valence-corrected chi connectivity index (χ0v) is 20.6. The summed E-state index contributed by atoms with van der Waals surface area (Å²) in [5.74, 6) is 6.14. The zero-order valence-electron chi connectivity index (χ0n) is 19.0. The van der Waals surface area contributed by atoms with Gasteiger partial charge >= 0.3 is 5.97 Å². The quantitative estimate of drug-likeness (QED) is 0.179. The average Bonchev–Trinajstić information content (AvgIpc) is 3.29. The van der Waals surface area contributed by atoms with Crippen LogP contribution in [0.25, 0.3) is 10.4 Å². The number of nitrogens with zero attached hydrogens (tertiary/aromatic N) is 1. The van der Waals surface area contributed by atoms with E-state index >= 15 is 0 Å². The fourth-order valence-electron chi connectivity index (χ4n) is 2.52. The lowest BCUT2D eigenvalue weighted by Crippen LogP contribution is -2.33. The number of methoxy groups -OCH3 is 2. The molecular formula is C24H30N4O3S2. The van der Waals surface area contributed by atoms with Crippen LogP contribution in [-0.4, -0.2) is 38.3 Å². The van der Waals surface area contributed by atoms with E-state index in [-0.39, 0.29) is 6.54 Å². The monoisotopic (exact) mass is 486 g/mol. The second-order valence-corrected chi connectivity index (χ2v) is 9.15. The number of ether oxygens (including phenoxy) is 2. The van der Waals surface area contributed by atoms with Gasteiger partial charge < -0.3 is 20.2 Å². The third kappa shape index (κ3) is 10.0. The molecule has 0 aliphatic carbocycles. The summed E-state index contributed by atoms with van der Waals surface area (Å²) < 4.78 is 13.8. The highest BCUT2D eigenvalue weighted by atomic mass is 32.2. The molecule has 2 aromatic carbocycles. The van der Waals surface area contributed by atoms with Crippen LogP contribution in [0.3, 0.4) is 0 Å². The molecule has 0 saturated heterocycles. The first kappa shape index (κ1) is 26.3. The number of carbonyl (C=O) groups excluding carboxylic acids is 1. The molecule has 0 radical (unpaired) electrons. The van der Waals surface area contributed by atoms with E-state index in [1.165, 1.54) is 46.3 Å². The lowest BCUT2D eigenvalue weighted by atomic mass is 10.2. The molecule has 7 nitrogen and oxygen atoms in total. The standard InChI is InChI=1S/C16H20N4O2S2.C8H10O/c1-22-15(21)11-20(18)10-13(17)9-19-24-16-8-7-14(23-16)12-5-3-2-4-6-12;1-7-3-5-8(9-2)6-4-7/h2-8,10,19H,9,11,17-18H2,1H3;3-6H,1-2H3/b13-10-;. The van der Waals surface area contributed by atoms with Crippen LogP contribution in [0.2, 0.25) is 0 Å². The van der Waals surface area contributed by atoms with Gasteiger partial charge in [0.2, 0.25) is 0 Å². The SMILES string of the molecule is COC(=O)CN(N)/C=C(\N)CNSc1ccc(-c2ccccc2)s1.COc1ccc(C)cc1. The van der Waals surface area contributed by atoms with Crippen LogP contribution in [0, 0.1) is 6.92 Å². The van der Waals surface area contributed by atoms with Gasteiger partial charge in [-0.2, -0.15) is 0 Å². The van der Waals surface area contributed by atoms with Gasteiger partial charge in [0.15, 0.2) is 0 Å². The van der Waals surface area contributed by atoms with E-state index in [0.717, 1.165) is 9.96 Å². The number of hydrogen-bond donors (Lipinski definition) is 3. The Labute approximate surface area is 203 Å². The zero-order chi connectivity index (χ0) is 24.1. The van der Waals surface area contributed by atoms with Crippen LogP contribution in [0.1, 0.15) is 5.56 Å². The van der Waals surface area contributed by atoms with Gasteiger partial charge in [0.25, 0.3) is 0 Å². The van der Waals surface area contributed by atoms with E-state index in [4.69, 9.17) is 16.3 Å². The number of aryl methyl sites for hydroxylation is 1. The van der Waals surface area contributed by atoms with Crippen LogP contribution in [0.4, 0.5) is 0 Å². The van der Waals surface area contributed by atoms with Crippen LogP contribution in [-0.2, 0) is 9.53 Å². The number of nitrogens with two attached hydrogens (primary N) is 2. The Morgan fingerprint density at radius 3 is 2.42 bits per heavy atom. The minimum Gasteiger partial charge on any atom is -0.497 e. The van der Waals surface area contributed by atoms with E-state index in [1.807, 2.05) is 42.5 Å². The molecule has 33 heavy (non-hydrogen) atoms. The Kier molecular flexibility index (Phi) is 11.3. The lowest BCUT2D eigenvalue weighted by Gasteiger charge is -2.13. The summed E-state index contributed by atoms with van der Waals surface area (Å²) in [4.78, 5) is 12.3. The Morgan fingerprint density at radius 2 is 1.79 bits per heavy atom. The molecule has 0 aliphatic heterocycles. The van der Waals surface area contributed by atoms with Gasteiger partial charge in [-0.05, 0) is 48.7 Å². The van der Waals surface area contributed by atoms with E-state index in [1.54, 1.807) is 18.4 Å². The molecule has 0 atom stereocenters. The van der Waals surface area contributed by atoms with Crippen molar-refractivity contribution in [3.63, 3.8) is 0 Å². The Bertz CT molecular complexity index is 1010. The summed E-state index contributed by atoms with van der Waals surface area (Å²) in [7, 11) is 2.98. The van der Waals surface area contributed by atoms with Crippen molar-refractivity contribution >= 4 is 29.3 Å². The molecule has 176 valence electrons. The third-order valence-electron chi connectivity index (χ3n) is 4.22. The van der Waals surface area contributed by atoms with Crippen molar-refractivity contribution in [1.82, 2.24) is 9.73 Å². The number of thiophene rings is 1. The van der Waals surface area contributed by atoms with Gasteiger partial charge in [-0.3, -0.25) is 9.52 Å². The van der Waals surface area contributed by atoms with Crippen molar-refractivity contribution in [2.75, 3.05) is 27.3 Å². The first-order valence-corrected chi connectivity index (χ1v) is 11.7. The van der Waals surface area contributed by atoms with Crippen LogP contribution in [0.5, 0.6) is 5.75 Å². The molecule has 0 fully saturated rings. The molecule has 0 aliphatic rings. The molecule has 0 unspecified atom stereocenters.